The van der Waals surface area contributed by atoms with Gasteiger partial charge >= 0.3 is 0 Å². The molecule has 0 aromatic heterocycles. The average molecular weight is 435 g/mol. The predicted octanol–water partition coefficient (Wildman–Crippen LogP) is 5.75. The van der Waals surface area contributed by atoms with Crippen molar-refractivity contribution in [3.8, 4) is 0 Å². The van der Waals surface area contributed by atoms with Gasteiger partial charge in [-0.3, -0.25) is 9.69 Å². The standard InChI is InChI=1S/C27H31ClN2O/c1-29(22-11-5-6-12-23(22)30-17-7-8-18-30)27(31)26-24(19-9-3-2-4-10-19)25(26)20-13-15-21(28)16-14-20/h2-4,9-10,13-16,22-23,26H,5-8,11-12,17-18H2,1H3/t22-,23-,26?/m0/s1. The quantitative estimate of drug-likeness (QED) is 0.598. The van der Waals surface area contributed by atoms with E-state index >= 15 is 0 Å². The number of likely N-dealkylation sites (N-methyl/N-ethyl adjacent to an activating group) is 1. The number of nitrogens with zero attached hydrogens (tertiary/aromatic N) is 2. The van der Waals surface area contributed by atoms with E-state index in [4.69, 9.17) is 11.6 Å². The Labute approximate surface area is 190 Å². The maximum Gasteiger partial charge on any atom is 0.234 e. The van der Waals surface area contributed by atoms with E-state index < -0.39 is 0 Å². The van der Waals surface area contributed by atoms with Crippen molar-refractivity contribution < 1.29 is 4.79 Å². The molecular weight excluding hydrogens is 404 g/mol. The minimum atomic E-state index is -0.144. The van der Waals surface area contributed by atoms with Gasteiger partial charge in [-0.25, -0.2) is 0 Å². The number of halogens is 1. The minimum absolute atomic E-state index is 0.144. The van der Waals surface area contributed by atoms with Gasteiger partial charge in [0.15, 0.2) is 0 Å². The van der Waals surface area contributed by atoms with Crippen molar-refractivity contribution in [1.82, 2.24) is 9.80 Å². The molecule has 2 aromatic carbocycles. The van der Waals surface area contributed by atoms with Crippen LogP contribution in [0.4, 0.5) is 0 Å². The summed E-state index contributed by atoms with van der Waals surface area (Å²) in [4.78, 5) is 18.6. The highest BCUT2D eigenvalue weighted by molar-refractivity contribution is 6.30. The number of benzene rings is 2. The third kappa shape index (κ3) is 4.06. The lowest BCUT2D eigenvalue weighted by Gasteiger charge is -2.42. The second-order valence-electron chi connectivity index (χ2n) is 9.24. The fraction of sp³-hybridized carbons (Fsp3) is 0.444. The molecule has 1 heterocycles. The van der Waals surface area contributed by atoms with E-state index in [9.17, 15) is 4.79 Å². The van der Waals surface area contributed by atoms with E-state index in [1.165, 1.54) is 50.8 Å². The van der Waals surface area contributed by atoms with Crippen LogP contribution in [0.2, 0.25) is 5.02 Å². The van der Waals surface area contributed by atoms with Gasteiger partial charge in [0, 0.05) is 24.2 Å². The third-order valence-electron chi connectivity index (χ3n) is 7.42. The van der Waals surface area contributed by atoms with Crippen molar-refractivity contribution in [3.63, 3.8) is 0 Å². The van der Waals surface area contributed by atoms with Gasteiger partial charge in [0.05, 0.1) is 5.92 Å². The second kappa shape index (κ2) is 8.80. The van der Waals surface area contributed by atoms with Crippen LogP contribution in [0.5, 0.6) is 0 Å². The fourth-order valence-electron chi connectivity index (χ4n) is 5.77. The van der Waals surface area contributed by atoms with Crippen LogP contribution in [-0.2, 0) is 4.79 Å². The van der Waals surface area contributed by atoms with Gasteiger partial charge in [-0.05, 0) is 73.2 Å². The third-order valence-corrected chi connectivity index (χ3v) is 7.67. The van der Waals surface area contributed by atoms with Crippen molar-refractivity contribution in [2.45, 2.75) is 50.6 Å². The summed E-state index contributed by atoms with van der Waals surface area (Å²) in [6.45, 7) is 2.38. The molecule has 3 nitrogen and oxygen atoms in total. The molecule has 1 aliphatic heterocycles. The zero-order valence-electron chi connectivity index (χ0n) is 18.3. The number of carbonyl (C=O) groups is 1. The number of likely N-dealkylation sites (tertiary alicyclic amines) is 1. The molecule has 2 fully saturated rings. The van der Waals surface area contributed by atoms with Gasteiger partial charge in [0.2, 0.25) is 5.91 Å². The molecular formula is C27H31ClN2O. The Kier molecular flexibility index (Phi) is 5.90. The Morgan fingerprint density at radius 2 is 1.48 bits per heavy atom. The predicted molar refractivity (Wildman–Crippen MR) is 128 cm³/mol. The highest BCUT2D eigenvalue weighted by Gasteiger charge is 2.47. The summed E-state index contributed by atoms with van der Waals surface area (Å²) in [6.07, 6.45) is 7.43. The van der Waals surface area contributed by atoms with Gasteiger partial charge in [-0.1, -0.05) is 66.9 Å². The molecule has 3 aliphatic rings. The fourth-order valence-corrected chi connectivity index (χ4v) is 5.90. The molecule has 2 aromatic rings. The molecule has 1 saturated carbocycles. The first-order chi connectivity index (χ1) is 15.1. The van der Waals surface area contributed by atoms with Gasteiger partial charge < -0.3 is 4.90 Å². The van der Waals surface area contributed by atoms with Crippen LogP contribution in [0.15, 0.2) is 54.6 Å². The molecule has 0 radical (unpaired) electrons. The molecule has 1 saturated heterocycles. The van der Waals surface area contributed by atoms with E-state index in [0.29, 0.717) is 12.1 Å². The molecule has 31 heavy (non-hydrogen) atoms. The average Bonchev–Trinajstić information content (AvgIpc) is 3.31. The second-order valence-corrected chi connectivity index (χ2v) is 9.68. The first kappa shape index (κ1) is 20.8. The summed E-state index contributed by atoms with van der Waals surface area (Å²) < 4.78 is 0. The topological polar surface area (TPSA) is 23.6 Å². The molecule has 0 N–H and O–H groups in total. The first-order valence-electron chi connectivity index (χ1n) is 11.7. The van der Waals surface area contributed by atoms with E-state index in [0.717, 1.165) is 28.1 Å². The smallest absolute Gasteiger partial charge is 0.234 e. The minimum Gasteiger partial charge on any atom is -0.340 e. The SMILES string of the molecule is CN(C(=O)C1C(c2ccccc2)=C1c1ccc(Cl)cc1)[C@H]1CCCC[C@@H]1N1CCCC1. The van der Waals surface area contributed by atoms with Crippen LogP contribution in [0, 0.1) is 5.92 Å². The van der Waals surface area contributed by atoms with Crippen LogP contribution in [0.25, 0.3) is 11.1 Å². The first-order valence-corrected chi connectivity index (χ1v) is 12.1. The molecule has 5 rings (SSSR count). The normalized spacial score (nSPS) is 26.2. The molecule has 1 amide bonds. The molecule has 4 heteroatoms. The maximum atomic E-state index is 13.8. The molecule has 1 unspecified atom stereocenters. The summed E-state index contributed by atoms with van der Waals surface area (Å²) in [5.74, 6) is 0.106. The Morgan fingerprint density at radius 1 is 0.871 bits per heavy atom. The van der Waals surface area contributed by atoms with E-state index in [1.54, 1.807) is 0 Å². The molecule has 162 valence electrons. The number of rotatable bonds is 5. The molecule has 2 aliphatic carbocycles. The van der Waals surface area contributed by atoms with E-state index in [2.05, 4.69) is 34.1 Å². The highest BCUT2D eigenvalue weighted by atomic mass is 35.5. The number of amides is 1. The lowest BCUT2D eigenvalue weighted by Crippen LogP contribution is -2.53. The summed E-state index contributed by atoms with van der Waals surface area (Å²) in [5.41, 5.74) is 4.59. The number of hydrogen-bond donors (Lipinski definition) is 0. The summed E-state index contributed by atoms with van der Waals surface area (Å²) in [6, 6.07) is 19.1. The van der Waals surface area contributed by atoms with Crippen LogP contribution >= 0.6 is 11.6 Å². The lowest BCUT2D eigenvalue weighted by molar-refractivity contribution is -0.134. The van der Waals surface area contributed by atoms with Crippen molar-refractivity contribution in [1.29, 1.82) is 0 Å². The van der Waals surface area contributed by atoms with E-state index in [1.807, 2.05) is 37.4 Å². The van der Waals surface area contributed by atoms with Crippen LogP contribution in [0.3, 0.4) is 0 Å². The summed E-state index contributed by atoms with van der Waals surface area (Å²) in [5, 5.41) is 0.724. The maximum absolute atomic E-state index is 13.8. The van der Waals surface area contributed by atoms with Crippen LogP contribution in [-0.4, -0.2) is 47.9 Å². The van der Waals surface area contributed by atoms with Gasteiger partial charge in [-0.2, -0.15) is 0 Å². The number of carbonyl (C=O) groups excluding carboxylic acids is 1. The van der Waals surface area contributed by atoms with E-state index in [-0.39, 0.29) is 11.8 Å². The Hall–Kier alpha value is -2.10. The van der Waals surface area contributed by atoms with Crippen molar-refractivity contribution in [3.05, 3.63) is 70.7 Å². The molecule has 0 spiro atoms. The van der Waals surface area contributed by atoms with Crippen molar-refractivity contribution in [2.75, 3.05) is 20.1 Å². The molecule has 3 atom stereocenters. The zero-order valence-corrected chi connectivity index (χ0v) is 19.0. The Balaban J connectivity index is 1.41. The van der Waals surface area contributed by atoms with Gasteiger partial charge in [0.25, 0.3) is 0 Å². The van der Waals surface area contributed by atoms with Crippen molar-refractivity contribution >= 4 is 28.7 Å². The lowest BCUT2D eigenvalue weighted by atomic mass is 9.88. The monoisotopic (exact) mass is 434 g/mol. The Bertz CT molecular complexity index is 962. The summed E-state index contributed by atoms with van der Waals surface area (Å²) in [7, 11) is 2.04. The highest BCUT2D eigenvalue weighted by Crippen LogP contribution is 2.54. The van der Waals surface area contributed by atoms with Gasteiger partial charge in [0.1, 0.15) is 0 Å². The largest absolute Gasteiger partial charge is 0.340 e. The Morgan fingerprint density at radius 3 is 2.16 bits per heavy atom. The summed E-state index contributed by atoms with van der Waals surface area (Å²) >= 11 is 6.12. The number of hydrogen-bond acceptors (Lipinski definition) is 2. The van der Waals surface area contributed by atoms with Crippen LogP contribution in [0.1, 0.15) is 49.7 Å². The molecule has 0 bridgehead atoms. The van der Waals surface area contributed by atoms with Crippen LogP contribution < -0.4 is 0 Å². The van der Waals surface area contributed by atoms with Gasteiger partial charge in [-0.15, -0.1) is 0 Å². The van der Waals surface area contributed by atoms with Crippen molar-refractivity contribution in [2.24, 2.45) is 5.92 Å². The zero-order chi connectivity index (χ0) is 21.4.